The normalized spacial score (nSPS) is 19.4. The standard InChI is InChI=1S/C12H14N2O2/c1-16-11-6-8(7-13)5-9(12(11)15)10-3-2-4-14-10/h5-6,10,14-15H,2-4H2,1H3. The first kappa shape index (κ1) is 10.8. The van der Waals surface area contributed by atoms with Crippen LogP contribution in [0.1, 0.15) is 30.0 Å². The van der Waals surface area contributed by atoms with E-state index in [-0.39, 0.29) is 11.8 Å². The maximum Gasteiger partial charge on any atom is 0.162 e. The summed E-state index contributed by atoms with van der Waals surface area (Å²) in [5.41, 5.74) is 1.27. The molecule has 0 spiro atoms. The third-order valence-electron chi connectivity index (χ3n) is 2.89. The summed E-state index contributed by atoms with van der Waals surface area (Å²) in [6.45, 7) is 0.948. The van der Waals surface area contributed by atoms with Crippen LogP contribution in [0.2, 0.25) is 0 Å². The molecule has 1 saturated heterocycles. The lowest BCUT2D eigenvalue weighted by Crippen LogP contribution is -2.13. The predicted octanol–water partition coefficient (Wildman–Crippen LogP) is 1.70. The lowest BCUT2D eigenvalue weighted by atomic mass is 10.0. The van der Waals surface area contributed by atoms with Crippen molar-refractivity contribution in [2.75, 3.05) is 13.7 Å². The van der Waals surface area contributed by atoms with Gasteiger partial charge in [-0.25, -0.2) is 0 Å². The van der Waals surface area contributed by atoms with Gasteiger partial charge in [-0.05, 0) is 25.5 Å². The summed E-state index contributed by atoms with van der Waals surface area (Å²) >= 11 is 0. The average Bonchev–Trinajstić information content (AvgIpc) is 2.83. The van der Waals surface area contributed by atoms with Crippen LogP contribution >= 0.6 is 0 Å². The van der Waals surface area contributed by atoms with Gasteiger partial charge >= 0.3 is 0 Å². The van der Waals surface area contributed by atoms with E-state index in [0.717, 1.165) is 24.9 Å². The van der Waals surface area contributed by atoms with Gasteiger partial charge in [0.05, 0.1) is 18.7 Å². The number of hydrogen-bond acceptors (Lipinski definition) is 4. The smallest absolute Gasteiger partial charge is 0.162 e. The number of aromatic hydroxyl groups is 1. The molecule has 1 aromatic rings. The molecule has 0 saturated carbocycles. The monoisotopic (exact) mass is 218 g/mol. The largest absolute Gasteiger partial charge is 0.504 e. The molecule has 0 amide bonds. The van der Waals surface area contributed by atoms with Crippen molar-refractivity contribution in [3.8, 4) is 17.6 Å². The first-order chi connectivity index (χ1) is 7.76. The van der Waals surface area contributed by atoms with E-state index in [1.165, 1.54) is 7.11 Å². The second-order valence-electron chi connectivity index (χ2n) is 3.88. The number of nitriles is 1. The van der Waals surface area contributed by atoms with E-state index in [0.29, 0.717) is 11.3 Å². The van der Waals surface area contributed by atoms with Crippen molar-refractivity contribution >= 4 is 0 Å². The molecule has 84 valence electrons. The number of hydrogen-bond donors (Lipinski definition) is 2. The van der Waals surface area contributed by atoms with Crippen LogP contribution in [0.15, 0.2) is 12.1 Å². The van der Waals surface area contributed by atoms with Gasteiger partial charge in [0, 0.05) is 17.7 Å². The topological polar surface area (TPSA) is 65.3 Å². The summed E-state index contributed by atoms with van der Waals surface area (Å²) in [6.07, 6.45) is 2.06. The second-order valence-corrected chi connectivity index (χ2v) is 3.88. The number of benzene rings is 1. The molecule has 0 aromatic heterocycles. The Balaban J connectivity index is 2.46. The summed E-state index contributed by atoms with van der Waals surface area (Å²) in [5.74, 6) is 0.503. The van der Waals surface area contributed by atoms with Crippen molar-refractivity contribution in [3.05, 3.63) is 23.3 Å². The van der Waals surface area contributed by atoms with Gasteiger partial charge in [0.25, 0.3) is 0 Å². The molecule has 4 nitrogen and oxygen atoms in total. The fourth-order valence-corrected chi connectivity index (χ4v) is 2.07. The zero-order chi connectivity index (χ0) is 11.5. The zero-order valence-corrected chi connectivity index (χ0v) is 9.16. The summed E-state index contributed by atoms with van der Waals surface area (Å²) in [6, 6.07) is 5.47. The summed E-state index contributed by atoms with van der Waals surface area (Å²) < 4.78 is 5.06. The Labute approximate surface area is 94.5 Å². The van der Waals surface area contributed by atoms with Gasteiger partial charge in [0.2, 0.25) is 0 Å². The number of phenols is 1. The van der Waals surface area contributed by atoms with Crippen LogP contribution in [0.25, 0.3) is 0 Å². The van der Waals surface area contributed by atoms with Crippen LogP contribution in [-0.4, -0.2) is 18.8 Å². The zero-order valence-electron chi connectivity index (χ0n) is 9.16. The molecule has 0 aliphatic carbocycles. The number of phenolic OH excluding ortho intramolecular Hbond substituents is 1. The third-order valence-corrected chi connectivity index (χ3v) is 2.89. The van der Waals surface area contributed by atoms with E-state index in [1.807, 2.05) is 0 Å². The number of rotatable bonds is 2. The molecule has 1 atom stereocenters. The highest BCUT2D eigenvalue weighted by Gasteiger charge is 2.22. The summed E-state index contributed by atoms with van der Waals surface area (Å²) in [5, 5.41) is 22.2. The van der Waals surface area contributed by atoms with Crippen LogP contribution in [0.4, 0.5) is 0 Å². The van der Waals surface area contributed by atoms with Crippen LogP contribution < -0.4 is 10.1 Å². The lowest BCUT2D eigenvalue weighted by molar-refractivity contribution is 0.367. The van der Waals surface area contributed by atoms with Crippen LogP contribution in [0, 0.1) is 11.3 Å². The van der Waals surface area contributed by atoms with Crippen LogP contribution in [0.5, 0.6) is 11.5 Å². The van der Waals surface area contributed by atoms with Gasteiger partial charge in [-0.1, -0.05) is 0 Å². The number of nitrogens with zero attached hydrogens (tertiary/aromatic N) is 1. The van der Waals surface area contributed by atoms with Crippen molar-refractivity contribution in [2.45, 2.75) is 18.9 Å². The highest BCUT2D eigenvalue weighted by atomic mass is 16.5. The van der Waals surface area contributed by atoms with Gasteiger partial charge < -0.3 is 15.2 Å². The highest BCUT2D eigenvalue weighted by molar-refractivity contribution is 5.53. The van der Waals surface area contributed by atoms with Crippen molar-refractivity contribution < 1.29 is 9.84 Å². The minimum Gasteiger partial charge on any atom is -0.504 e. The molecule has 1 heterocycles. The summed E-state index contributed by atoms with van der Waals surface area (Å²) in [7, 11) is 1.49. The molecule has 1 aliphatic heterocycles. The molecular weight excluding hydrogens is 204 g/mol. The van der Waals surface area contributed by atoms with Gasteiger partial charge in [-0.3, -0.25) is 0 Å². The van der Waals surface area contributed by atoms with Crippen molar-refractivity contribution in [3.63, 3.8) is 0 Å². The average molecular weight is 218 g/mol. The molecule has 2 N–H and O–H groups in total. The molecular formula is C12H14N2O2. The van der Waals surface area contributed by atoms with E-state index in [1.54, 1.807) is 12.1 Å². The maximum absolute atomic E-state index is 9.99. The predicted molar refractivity (Wildman–Crippen MR) is 59.4 cm³/mol. The van der Waals surface area contributed by atoms with E-state index in [9.17, 15) is 5.11 Å². The molecule has 0 bridgehead atoms. The van der Waals surface area contributed by atoms with E-state index >= 15 is 0 Å². The molecule has 0 radical (unpaired) electrons. The second kappa shape index (κ2) is 4.42. The van der Waals surface area contributed by atoms with Gasteiger partial charge in [0.15, 0.2) is 11.5 Å². The van der Waals surface area contributed by atoms with Crippen LogP contribution in [0.3, 0.4) is 0 Å². The molecule has 1 aliphatic rings. The van der Waals surface area contributed by atoms with E-state index in [4.69, 9.17) is 10.00 Å². The molecule has 2 rings (SSSR count). The highest BCUT2D eigenvalue weighted by Crippen LogP contribution is 2.37. The van der Waals surface area contributed by atoms with Crippen molar-refractivity contribution in [1.29, 1.82) is 5.26 Å². The molecule has 16 heavy (non-hydrogen) atoms. The number of nitrogens with one attached hydrogen (secondary N) is 1. The number of ether oxygens (including phenoxy) is 1. The quantitative estimate of drug-likeness (QED) is 0.793. The van der Waals surface area contributed by atoms with Gasteiger partial charge in [-0.2, -0.15) is 5.26 Å². The number of methoxy groups -OCH3 is 1. The van der Waals surface area contributed by atoms with Crippen LogP contribution in [-0.2, 0) is 0 Å². The van der Waals surface area contributed by atoms with Crippen molar-refractivity contribution in [1.82, 2.24) is 5.32 Å². The first-order valence-corrected chi connectivity index (χ1v) is 5.30. The Kier molecular flexibility index (Phi) is 2.97. The molecule has 4 heteroatoms. The lowest BCUT2D eigenvalue weighted by Gasteiger charge is -2.15. The Hall–Kier alpha value is -1.73. The fraction of sp³-hybridized carbons (Fsp3) is 0.417. The van der Waals surface area contributed by atoms with Gasteiger partial charge in [0.1, 0.15) is 0 Å². The van der Waals surface area contributed by atoms with Crippen molar-refractivity contribution in [2.24, 2.45) is 0 Å². The Morgan fingerprint density at radius 3 is 2.94 bits per heavy atom. The molecule has 1 unspecified atom stereocenters. The Morgan fingerprint density at radius 2 is 2.38 bits per heavy atom. The SMILES string of the molecule is COc1cc(C#N)cc(C2CCCN2)c1O. The summed E-state index contributed by atoms with van der Waals surface area (Å²) in [4.78, 5) is 0. The fourth-order valence-electron chi connectivity index (χ4n) is 2.07. The minimum absolute atomic E-state index is 0.127. The van der Waals surface area contributed by atoms with E-state index in [2.05, 4.69) is 11.4 Å². The van der Waals surface area contributed by atoms with E-state index < -0.39 is 0 Å². The third kappa shape index (κ3) is 1.82. The maximum atomic E-state index is 9.99. The first-order valence-electron chi connectivity index (χ1n) is 5.30. The Morgan fingerprint density at radius 1 is 1.56 bits per heavy atom. The molecule has 1 aromatic carbocycles. The molecule has 1 fully saturated rings. The minimum atomic E-state index is 0.127. The Bertz CT molecular complexity index is 431. The van der Waals surface area contributed by atoms with Gasteiger partial charge in [-0.15, -0.1) is 0 Å².